The SMILES string of the molecule is CCOC(=O)C1CC(=O)C=C1CC. The first-order valence-corrected chi connectivity index (χ1v) is 4.59. The molecule has 0 heterocycles. The topological polar surface area (TPSA) is 43.4 Å². The summed E-state index contributed by atoms with van der Waals surface area (Å²) in [5.74, 6) is -0.534. The molecule has 0 N–H and O–H groups in total. The van der Waals surface area contributed by atoms with Gasteiger partial charge in [-0.05, 0) is 19.4 Å². The quantitative estimate of drug-likeness (QED) is 0.621. The lowest BCUT2D eigenvalue weighted by Gasteiger charge is -2.10. The molecule has 0 radical (unpaired) electrons. The van der Waals surface area contributed by atoms with Crippen LogP contribution in [0.4, 0.5) is 0 Å². The molecule has 0 aliphatic heterocycles. The molecule has 3 heteroatoms. The van der Waals surface area contributed by atoms with Crippen molar-refractivity contribution in [3.63, 3.8) is 0 Å². The van der Waals surface area contributed by atoms with Gasteiger partial charge in [-0.2, -0.15) is 0 Å². The molecule has 3 nitrogen and oxygen atoms in total. The summed E-state index contributed by atoms with van der Waals surface area (Å²) >= 11 is 0. The van der Waals surface area contributed by atoms with Crippen LogP contribution in [-0.4, -0.2) is 18.4 Å². The van der Waals surface area contributed by atoms with E-state index in [9.17, 15) is 9.59 Å². The number of hydrogen-bond acceptors (Lipinski definition) is 3. The maximum absolute atomic E-state index is 11.3. The summed E-state index contributed by atoms with van der Waals surface area (Å²) in [6.45, 7) is 4.08. The maximum Gasteiger partial charge on any atom is 0.313 e. The first kappa shape index (κ1) is 9.96. The zero-order valence-electron chi connectivity index (χ0n) is 8.00. The fraction of sp³-hybridized carbons (Fsp3) is 0.600. The van der Waals surface area contributed by atoms with Gasteiger partial charge in [0.05, 0.1) is 12.5 Å². The number of carbonyl (C=O) groups is 2. The molecular formula is C10H14O3. The van der Waals surface area contributed by atoms with E-state index in [0.717, 1.165) is 12.0 Å². The molecule has 0 aromatic heterocycles. The third-order valence-corrected chi connectivity index (χ3v) is 2.18. The van der Waals surface area contributed by atoms with E-state index in [2.05, 4.69) is 0 Å². The summed E-state index contributed by atoms with van der Waals surface area (Å²) in [6, 6.07) is 0. The zero-order valence-corrected chi connectivity index (χ0v) is 8.00. The summed E-state index contributed by atoms with van der Waals surface area (Å²) < 4.78 is 4.87. The lowest BCUT2D eigenvalue weighted by Crippen LogP contribution is -2.17. The summed E-state index contributed by atoms with van der Waals surface area (Å²) in [5.41, 5.74) is 0.906. The molecule has 0 saturated heterocycles. The van der Waals surface area contributed by atoms with Gasteiger partial charge in [-0.15, -0.1) is 0 Å². The van der Waals surface area contributed by atoms with Crippen LogP contribution >= 0.6 is 0 Å². The molecule has 1 aliphatic rings. The molecule has 1 rings (SSSR count). The van der Waals surface area contributed by atoms with Gasteiger partial charge in [0.1, 0.15) is 0 Å². The number of hydrogen-bond donors (Lipinski definition) is 0. The van der Waals surface area contributed by atoms with E-state index in [0.29, 0.717) is 13.0 Å². The van der Waals surface area contributed by atoms with Crippen molar-refractivity contribution < 1.29 is 14.3 Å². The Hall–Kier alpha value is -1.12. The summed E-state index contributed by atoms with van der Waals surface area (Å²) in [6.07, 6.45) is 2.61. The minimum absolute atomic E-state index is 0.0369. The Labute approximate surface area is 77.8 Å². The van der Waals surface area contributed by atoms with Gasteiger partial charge in [-0.3, -0.25) is 9.59 Å². The van der Waals surface area contributed by atoms with E-state index < -0.39 is 0 Å². The molecule has 1 aliphatic carbocycles. The summed E-state index contributed by atoms with van der Waals surface area (Å²) in [4.78, 5) is 22.4. The Morgan fingerprint density at radius 1 is 1.62 bits per heavy atom. The predicted octanol–water partition coefficient (Wildman–Crippen LogP) is 1.47. The molecule has 72 valence electrons. The van der Waals surface area contributed by atoms with Crippen LogP contribution in [0, 0.1) is 5.92 Å². The summed E-state index contributed by atoms with van der Waals surface area (Å²) in [5, 5.41) is 0. The van der Waals surface area contributed by atoms with E-state index in [1.54, 1.807) is 13.0 Å². The highest BCUT2D eigenvalue weighted by atomic mass is 16.5. The standard InChI is InChI=1S/C10H14O3/c1-3-7-5-8(11)6-9(7)10(12)13-4-2/h5,9H,3-4,6H2,1-2H3. The molecule has 0 fully saturated rings. The number of carbonyl (C=O) groups excluding carboxylic acids is 2. The maximum atomic E-state index is 11.3. The highest BCUT2D eigenvalue weighted by Crippen LogP contribution is 2.26. The van der Waals surface area contributed by atoms with Crippen LogP contribution in [-0.2, 0) is 14.3 Å². The molecule has 1 unspecified atom stereocenters. The Bertz CT molecular complexity index is 253. The van der Waals surface area contributed by atoms with E-state index in [4.69, 9.17) is 4.74 Å². The second kappa shape index (κ2) is 4.21. The molecule has 0 bridgehead atoms. The second-order valence-electron chi connectivity index (χ2n) is 3.05. The Kier molecular flexibility index (Phi) is 3.23. The van der Waals surface area contributed by atoms with Crippen molar-refractivity contribution in [2.75, 3.05) is 6.61 Å². The van der Waals surface area contributed by atoms with E-state index in [1.807, 2.05) is 6.92 Å². The van der Waals surface area contributed by atoms with Crippen LogP contribution < -0.4 is 0 Å². The monoisotopic (exact) mass is 182 g/mol. The minimum atomic E-state index is -0.308. The minimum Gasteiger partial charge on any atom is -0.466 e. The fourth-order valence-corrected chi connectivity index (χ4v) is 1.52. The van der Waals surface area contributed by atoms with E-state index >= 15 is 0 Å². The van der Waals surface area contributed by atoms with Gasteiger partial charge in [0, 0.05) is 6.42 Å². The average molecular weight is 182 g/mol. The highest BCUT2D eigenvalue weighted by Gasteiger charge is 2.30. The Morgan fingerprint density at radius 3 is 2.85 bits per heavy atom. The molecule has 0 saturated carbocycles. The van der Waals surface area contributed by atoms with Crippen molar-refractivity contribution in [3.05, 3.63) is 11.6 Å². The normalized spacial score (nSPS) is 21.5. The lowest BCUT2D eigenvalue weighted by molar-refractivity contribution is -0.147. The van der Waals surface area contributed by atoms with Gasteiger partial charge >= 0.3 is 5.97 Å². The molecular weight excluding hydrogens is 168 g/mol. The fourth-order valence-electron chi connectivity index (χ4n) is 1.52. The number of ketones is 1. The molecule has 1 atom stereocenters. The first-order chi connectivity index (χ1) is 6.19. The third-order valence-electron chi connectivity index (χ3n) is 2.18. The second-order valence-corrected chi connectivity index (χ2v) is 3.05. The summed E-state index contributed by atoms with van der Waals surface area (Å²) in [7, 11) is 0. The van der Waals surface area contributed by atoms with Gasteiger partial charge in [0.25, 0.3) is 0 Å². The van der Waals surface area contributed by atoms with Crippen molar-refractivity contribution in [2.45, 2.75) is 26.7 Å². The number of esters is 1. The smallest absolute Gasteiger partial charge is 0.313 e. The number of rotatable bonds is 3. The van der Waals surface area contributed by atoms with E-state index in [-0.39, 0.29) is 17.7 Å². The van der Waals surface area contributed by atoms with Crippen molar-refractivity contribution in [1.82, 2.24) is 0 Å². The van der Waals surface area contributed by atoms with Crippen molar-refractivity contribution in [3.8, 4) is 0 Å². The van der Waals surface area contributed by atoms with Crippen LogP contribution in [0.15, 0.2) is 11.6 Å². The molecule has 0 aromatic rings. The van der Waals surface area contributed by atoms with Crippen LogP contribution in [0.5, 0.6) is 0 Å². The first-order valence-electron chi connectivity index (χ1n) is 4.59. The van der Waals surface area contributed by atoms with Gasteiger partial charge in [-0.25, -0.2) is 0 Å². The number of allylic oxidation sites excluding steroid dienone is 1. The number of ether oxygens (including phenoxy) is 1. The van der Waals surface area contributed by atoms with Crippen LogP contribution in [0.1, 0.15) is 26.7 Å². The zero-order chi connectivity index (χ0) is 9.84. The van der Waals surface area contributed by atoms with Crippen molar-refractivity contribution in [1.29, 1.82) is 0 Å². The Balaban J connectivity index is 2.66. The lowest BCUT2D eigenvalue weighted by atomic mass is 10.00. The molecule has 13 heavy (non-hydrogen) atoms. The van der Waals surface area contributed by atoms with Gasteiger partial charge < -0.3 is 4.74 Å². The van der Waals surface area contributed by atoms with Crippen LogP contribution in [0.3, 0.4) is 0 Å². The van der Waals surface area contributed by atoms with Gasteiger partial charge in [0.2, 0.25) is 0 Å². The highest BCUT2D eigenvalue weighted by molar-refractivity contribution is 5.98. The molecule has 0 aromatic carbocycles. The third kappa shape index (κ3) is 2.17. The van der Waals surface area contributed by atoms with Crippen molar-refractivity contribution in [2.24, 2.45) is 5.92 Å². The molecule has 0 amide bonds. The predicted molar refractivity (Wildman–Crippen MR) is 48.1 cm³/mol. The van der Waals surface area contributed by atoms with E-state index in [1.165, 1.54) is 0 Å². The molecule has 0 spiro atoms. The van der Waals surface area contributed by atoms with Crippen LogP contribution in [0.2, 0.25) is 0 Å². The van der Waals surface area contributed by atoms with Crippen molar-refractivity contribution >= 4 is 11.8 Å². The van der Waals surface area contributed by atoms with Gasteiger partial charge in [-0.1, -0.05) is 12.5 Å². The average Bonchev–Trinajstić information content (AvgIpc) is 2.47. The Morgan fingerprint density at radius 2 is 2.31 bits per heavy atom. The van der Waals surface area contributed by atoms with Gasteiger partial charge in [0.15, 0.2) is 5.78 Å². The largest absolute Gasteiger partial charge is 0.466 e. The van der Waals surface area contributed by atoms with Crippen LogP contribution in [0.25, 0.3) is 0 Å².